The minimum Gasteiger partial charge on any atom is -0.351 e. The summed E-state index contributed by atoms with van der Waals surface area (Å²) < 4.78 is 4.17. The first-order valence-electron chi connectivity index (χ1n) is 6.22. The monoisotopic (exact) mass is 373 g/mol. The molecule has 2 rings (SSSR count). The number of carbonyl (C=O) groups is 2. The molecule has 0 bridgehead atoms. The predicted octanol–water partition coefficient (Wildman–Crippen LogP) is 1.62. The van der Waals surface area contributed by atoms with Gasteiger partial charge in [-0.15, -0.1) is 0 Å². The van der Waals surface area contributed by atoms with E-state index in [1.807, 2.05) is 6.20 Å². The number of rotatable bonds is 7. The molecule has 21 heavy (non-hydrogen) atoms. The molecule has 0 spiro atoms. The molecule has 1 amide bonds. The van der Waals surface area contributed by atoms with Crippen molar-refractivity contribution in [3.05, 3.63) is 34.8 Å². The first-order chi connectivity index (χ1) is 10.0. The Morgan fingerprint density at radius 2 is 2.19 bits per heavy atom. The van der Waals surface area contributed by atoms with Gasteiger partial charge >= 0.3 is 0 Å². The van der Waals surface area contributed by atoms with Crippen molar-refractivity contribution < 1.29 is 9.59 Å². The highest BCUT2D eigenvalue weighted by molar-refractivity contribution is 9.10. The average molecular weight is 375 g/mol. The predicted molar refractivity (Wildman–Crippen MR) is 80.0 cm³/mol. The van der Waals surface area contributed by atoms with Gasteiger partial charge in [0.2, 0.25) is 5.24 Å². The maximum absolute atomic E-state index is 11.8. The van der Waals surface area contributed by atoms with Gasteiger partial charge in [0.15, 0.2) is 0 Å². The van der Waals surface area contributed by atoms with Crippen molar-refractivity contribution in [3.63, 3.8) is 0 Å². The number of hydrogen-bond acceptors (Lipinski definition) is 4. The summed E-state index contributed by atoms with van der Waals surface area (Å²) in [5.41, 5.74) is 0.318. The molecule has 0 aliphatic rings. The molecule has 0 unspecified atom stereocenters. The molecule has 9 heteroatoms. The molecule has 2 heterocycles. The third-order valence-electron chi connectivity index (χ3n) is 2.60. The van der Waals surface area contributed by atoms with Gasteiger partial charge < -0.3 is 5.32 Å². The first kappa shape index (κ1) is 15.7. The summed E-state index contributed by atoms with van der Waals surface area (Å²) in [6.07, 6.45) is 5.94. The highest BCUT2D eigenvalue weighted by Gasteiger charge is 2.09. The highest BCUT2D eigenvalue weighted by Crippen LogP contribution is 2.06. The molecule has 0 radical (unpaired) electrons. The fourth-order valence-corrected chi connectivity index (χ4v) is 2.11. The Bertz CT molecular complexity index is 639. The van der Waals surface area contributed by atoms with E-state index in [1.54, 1.807) is 27.8 Å². The SMILES string of the molecule is O=C(Cl)CCCNC(=O)c1ccn(Cn2cc(Br)cn2)n1. The number of halogens is 2. The molecule has 0 saturated heterocycles. The van der Waals surface area contributed by atoms with Crippen LogP contribution in [-0.4, -0.2) is 37.3 Å². The molecule has 0 aliphatic heterocycles. The maximum Gasteiger partial charge on any atom is 0.271 e. The number of aromatic nitrogens is 4. The minimum atomic E-state index is -0.404. The van der Waals surface area contributed by atoms with Gasteiger partial charge in [0, 0.05) is 25.4 Å². The van der Waals surface area contributed by atoms with Gasteiger partial charge in [0.25, 0.3) is 5.91 Å². The molecular weight excluding hydrogens is 362 g/mol. The zero-order valence-corrected chi connectivity index (χ0v) is 13.3. The summed E-state index contributed by atoms with van der Waals surface area (Å²) in [6, 6.07) is 1.63. The van der Waals surface area contributed by atoms with Crippen LogP contribution < -0.4 is 5.32 Å². The van der Waals surface area contributed by atoms with Gasteiger partial charge in [-0.2, -0.15) is 10.2 Å². The van der Waals surface area contributed by atoms with Crippen LogP contribution in [0.2, 0.25) is 0 Å². The second-order valence-corrected chi connectivity index (χ2v) is 5.63. The molecule has 0 aliphatic carbocycles. The number of nitrogens with zero attached hydrogens (tertiary/aromatic N) is 4. The molecule has 0 aromatic carbocycles. The fraction of sp³-hybridized carbons (Fsp3) is 0.333. The molecule has 2 aromatic rings. The van der Waals surface area contributed by atoms with E-state index in [1.165, 1.54) is 0 Å². The van der Waals surface area contributed by atoms with E-state index in [0.29, 0.717) is 25.3 Å². The largest absolute Gasteiger partial charge is 0.351 e. The Balaban J connectivity index is 1.84. The lowest BCUT2D eigenvalue weighted by molar-refractivity contribution is -0.111. The number of hydrogen-bond donors (Lipinski definition) is 1. The van der Waals surface area contributed by atoms with Crippen LogP contribution in [0.25, 0.3) is 0 Å². The zero-order chi connectivity index (χ0) is 15.2. The van der Waals surface area contributed by atoms with Crippen molar-refractivity contribution >= 4 is 38.7 Å². The van der Waals surface area contributed by atoms with Crippen molar-refractivity contribution in [3.8, 4) is 0 Å². The normalized spacial score (nSPS) is 10.6. The van der Waals surface area contributed by atoms with E-state index in [2.05, 4.69) is 31.4 Å². The van der Waals surface area contributed by atoms with Gasteiger partial charge in [-0.3, -0.25) is 14.3 Å². The third kappa shape index (κ3) is 4.98. The van der Waals surface area contributed by atoms with Crippen molar-refractivity contribution in [2.24, 2.45) is 0 Å². The zero-order valence-electron chi connectivity index (χ0n) is 11.0. The van der Waals surface area contributed by atoms with E-state index in [-0.39, 0.29) is 12.3 Å². The van der Waals surface area contributed by atoms with Gasteiger partial charge in [-0.1, -0.05) is 0 Å². The molecule has 0 fully saturated rings. The summed E-state index contributed by atoms with van der Waals surface area (Å²) in [7, 11) is 0. The van der Waals surface area contributed by atoms with Crippen LogP contribution in [0.3, 0.4) is 0 Å². The Morgan fingerprint density at radius 1 is 1.38 bits per heavy atom. The minimum absolute atomic E-state index is 0.241. The van der Waals surface area contributed by atoms with Crippen molar-refractivity contribution in [2.45, 2.75) is 19.5 Å². The van der Waals surface area contributed by atoms with Gasteiger partial charge in [-0.05, 0) is 40.0 Å². The van der Waals surface area contributed by atoms with Crippen molar-refractivity contribution in [1.29, 1.82) is 0 Å². The van der Waals surface area contributed by atoms with Crippen LogP contribution in [0.4, 0.5) is 0 Å². The van der Waals surface area contributed by atoms with Gasteiger partial charge in [-0.25, -0.2) is 4.68 Å². The van der Waals surface area contributed by atoms with E-state index in [9.17, 15) is 9.59 Å². The summed E-state index contributed by atoms with van der Waals surface area (Å²) in [5.74, 6) is -0.280. The summed E-state index contributed by atoms with van der Waals surface area (Å²) in [4.78, 5) is 22.4. The quantitative estimate of drug-likeness (QED) is 0.590. The van der Waals surface area contributed by atoms with Crippen LogP contribution in [-0.2, 0) is 11.5 Å². The summed E-state index contributed by atoms with van der Waals surface area (Å²) in [5, 5.41) is 10.5. The van der Waals surface area contributed by atoms with E-state index >= 15 is 0 Å². The molecule has 1 N–H and O–H groups in total. The van der Waals surface area contributed by atoms with Crippen LogP contribution >= 0.6 is 27.5 Å². The first-order valence-corrected chi connectivity index (χ1v) is 7.39. The van der Waals surface area contributed by atoms with Gasteiger partial charge in [0.05, 0.1) is 10.7 Å². The van der Waals surface area contributed by atoms with Crippen LogP contribution in [0, 0.1) is 0 Å². The molecule has 2 aromatic heterocycles. The lowest BCUT2D eigenvalue weighted by atomic mass is 10.3. The number of amides is 1. The second kappa shape index (κ2) is 7.37. The maximum atomic E-state index is 11.8. The topological polar surface area (TPSA) is 81.8 Å². The van der Waals surface area contributed by atoms with E-state index in [0.717, 1.165) is 4.47 Å². The highest BCUT2D eigenvalue weighted by atomic mass is 79.9. The van der Waals surface area contributed by atoms with E-state index < -0.39 is 5.24 Å². The lowest BCUT2D eigenvalue weighted by Crippen LogP contribution is -2.25. The second-order valence-electron chi connectivity index (χ2n) is 4.29. The van der Waals surface area contributed by atoms with Crippen LogP contribution in [0.15, 0.2) is 29.1 Å². The Morgan fingerprint density at radius 3 is 2.86 bits per heavy atom. The number of carbonyl (C=O) groups excluding carboxylic acids is 2. The average Bonchev–Trinajstić information content (AvgIpc) is 3.04. The third-order valence-corrected chi connectivity index (χ3v) is 3.20. The van der Waals surface area contributed by atoms with E-state index in [4.69, 9.17) is 11.6 Å². The standard InChI is InChI=1S/C12H13BrClN5O2/c13-9-6-16-19(7-9)8-18-5-3-10(17-18)12(21)15-4-1-2-11(14)20/h3,5-7H,1-2,4,8H2,(H,15,21). The Hall–Kier alpha value is -1.67. The van der Waals surface area contributed by atoms with Gasteiger partial charge in [0.1, 0.15) is 12.4 Å². The fourth-order valence-electron chi connectivity index (χ4n) is 1.65. The van der Waals surface area contributed by atoms with Crippen LogP contribution in [0.1, 0.15) is 23.3 Å². The summed E-state index contributed by atoms with van der Waals surface area (Å²) in [6.45, 7) is 0.801. The molecule has 0 saturated carbocycles. The Kier molecular flexibility index (Phi) is 5.51. The molecule has 0 atom stereocenters. The summed E-state index contributed by atoms with van der Waals surface area (Å²) >= 11 is 8.52. The van der Waals surface area contributed by atoms with Crippen molar-refractivity contribution in [1.82, 2.24) is 24.9 Å². The van der Waals surface area contributed by atoms with Crippen LogP contribution in [0.5, 0.6) is 0 Å². The lowest BCUT2D eigenvalue weighted by Gasteiger charge is -2.02. The van der Waals surface area contributed by atoms with Crippen molar-refractivity contribution in [2.75, 3.05) is 6.54 Å². The molecule has 112 valence electrons. The smallest absolute Gasteiger partial charge is 0.271 e. The molecule has 7 nitrogen and oxygen atoms in total. The number of nitrogens with one attached hydrogen (secondary N) is 1. The Labute approximate surface area is 134 Å². The molecular formula is C12H13BrClN5O2.